The number of hydrogen-bond acceptors (Lipinski definition) is 3. The largest absolute Gasteiger partial charge is 0.506 e. The molecule has 1 heterocycles. The first kappa shape index (κ1) is 16.4. The van der Waals surface area contributed by atoms with E-state index in [2.05, 4.69) is 16.6 Å². The van der Waals surface area contributed by atoms with E-state index in [9.17, 15) is 4.79 Å². The summed E-state index contributed by atoms with van der Waals surface area (Å²) in [5.74, 6) is 0. The number of carbonyl (C=O) groups is 1. The Morgan fingerprint density at radius 1 is 1.22 bits per heavy atom. The molecule has 1 N–H and O–H groups in total. The lowest BCUT2D eigenvalue weighted by Crippen LogP contribution is -2.15. The number of carboxylic acid groups (broad SMARTS) is 1. The minimum Gasteiger partial charge on any atom is -0.450 e. The SMILES string of the molecule is CCCCCC(CC)OC(=O)O.c1ccncc1. The van der Waals surface area contributed by atoms with Gasteiger partial charge in [-0.2, -0.15) is 0 Å². The number of rotatable bonds is 6. The molecule has 0 amide bonds. The third kappa shape index (κ3) is 10.9. The number of aromatic nitrogens is 1. The van der Waals surface area contributed by atoms with Crippen molar-refractivity contribution in [3.63, 3.8) is 0 Å². The molecule has 0 aliphatic heterocycles. The third-order valence-corrected chi connectivity index (χ3v) is 2.42. The van der Waals surface area contributed by atoms with Gasteiger partial charge in [-0.05, 0) is 31.4 Å². The molecule has 0 bridgehead atoms. The molecular formula is C14H23NO3. The minimum absolute atomic E-state index is 0.103. The van der Waals surface area contributed by atoms with Crippen molar-refractivity contribution < 1.29 is 14.6 Å². The summed E-state index contributed by atoms with van der Waals surface area (Å²) in [5.41, 5.74) is 0. The van der Waals surface area contributed by atoms with Gasteiger partial charge in [0.25, 0.3) is 0 Å². The fraction of sp³-hybridized carbons (Fsp3) is 0.571. The van der Waals surface area contributed by atoms with Crippen molar-refractivity contribution in [2.24, 2.45) is 0 Å². The molecule has 1 rings (SSSR count). The van der Waals surface area contributed by atoms with E-state index < -0.39 is 6.16 Å². The molecule has 4 nitrogen and oxygen atoms in total. The standard InChI is InChI=1S/C9H18O3.C5H5N/c1-3-5-6-7-8(4-2)12-9(10)11;1-2-4-6-5-3-1/h8H,3-7H2,1-2H3,(H,10,11);1-5H. The molecule has 1 aromatic rings. The van der Waals surface area contributed by atoms with Gasteiger partial charge in [0.15, 0.2) is 0 Å². The van der Waals surface area contributed by atoms with Crippen LogP contribution in [0, 0.1) is 0 Å². The quantitative estimate of drug-likeness (QED) is 0.612. The molecule has 0 fully saturated rings. The fourth-order valence-electron chi connectivity index (χ4n) is 1.42. The van der Waals surface area contributed by atoms with Gasteiger partial charge in [0.2, 0.25) is 0 Å². The predicted molar refractivity (Wildman–Crippen MR) is 71.6 cm³/mol. The first-order valence-electron chi connectivity index (χ1n) is 6.45. The number of unbranched alkanes of at least 4 members (excludes halogenated alkanes) is 2. The molecule has 0 aromatic carbocycles. The average Bonchev–Trinajstić information content (AvgIpc) is 2.40. The molecule has 0 aliphatic carbocycles. The second kappa shape index (κ2) is 11.9. The van der Waals surface area contributed by atoms with E-state index in [0.717, 1.165) is 32.1 Å². The molecule has 0 spiro atoms. The molecule has 102 valence electrons. The Balaban J connectivity index is 0.000000397. The van der Waals surface area contributed by atoms with Gasteiger partial charge in [-0.3, -0.25) is 4.98 Å². The van der Waals surface area contributed by atoms with Crippen molar-refractivity contribution in [1.29, 1.82) is 0 Å². The van der Waals surface area contributed by atoms with Crippen LogP contribution in [0.25, 0.3) is 0 Å². The fourth-order valence-corrected chi connectivity index (χ4v) is 1.42. The normalized spacial score (nSPS) is 11.0. The lowest BCUT2D eigenvalue weighted by molar-refractivity contribution is 0.0455. The lowest BCUT2D eigenvalue weighted by Gasteiger charge is -2.12. The summed E-state index contributed by atoms with van der Waals surface area (Å²) < 4.78 is 4.66. The van der Waals surface area contributed by atoms with Crippen molar-refractivity contribution in [1.82, 2.24) is 4.98 Å². The van der Waals surface area contributed by atoms with Crippen LogP contribution in [0.15, 0.2) is 30.6 Å². The van der Waals surface area contributed by atoms with Crippen LogP contribution >= 0.6 is 0 Å². The van der Waals surface area contributed by atoms with Gasteiger partial charge in [0.1, 0.15) is 6.10 Å². The van der Waals surface area contributed by atoms with E-state index in [1.807, 2.05) is 25.1 Å². The topological polar surface area (TPSA) is 59.4 Å². The van der Waals surface area contributed by atoms with Crippen LogP contribution < -0.4 is 0 Å². The highest BCUT2D eigenvalue weighted by atomic mass is 16.7. The number of hydrogen-bond donors (Lipinski definition) is 1. The molecule has 1 unspecified atom stereocenters. The van der Waals surface area contributed by atoms with Crippen molar-refractivity contribution in [2.45, 2.75) is 52.1 Å². The predicted octanol–water partition coefficient (Wildman–Crippen LogP) is 4.12. The third-order valence-electron chi connectivity index (χ3n) is 2.42. The highest BCUT2D eigenvalue weighted by Crippen LogP contribution is 2.09. The van der Waals surface area contributed by atoms with Crippen molar-refractivity contribution >= 4 is 6.16 Å². The van der Waals surface area contributed by atoms with Gasteiger partial charge < -0.3 is 9.84 Å². The molecule has 0 aliphatic rings. The second-order valence-electron chi connectivity index (χ2n) is 3.93. The van der Waals surface area contributed by atoms with Gasteiger partial charge in [-0.25, -0.2) is 4.79 Å². The zero-order valence-electron chi connectivity index (χ0n) is 11.2. The smallest absolute Gasteiger partial charge is 0.450 e. The van der Waals surface area contributed by atoms with Crippen LogP contribution in [-0.2, 0) is 4.74 Å². The summed E-state index contributed by atoms with van der Waals surface area (Å²) in [5, 5.41) is 8.35. The van der Waals surface area contributed by atoms with E-state index in [1.54, 1.807) is 12.4 Å². The van der Waals surface area contributed by atoms with Crippen molar-refractivity contribution in [3.05, 3.63) is 30.6 Å². The van der Waals surface area contributed by atoms with Gasteiger partial charge in [-0.15, -0.1) is 0 Å². The summed E-state index contributed by atoms with van der Waals surface area (Å²) in [6.45, 7) is 4.07. The molecule has 0 saturated heterocycles. The van der Waals surface area contributed by atoms with Crippen LogP contribution in [0.4, 0.5) is 4.79 Å². The number of nitrogens with zero attached hydrogens (tertiary/aromatic N) is 1. The van der Waals surface area contributed by atoms with Gasteiger partial charge in [-0.1, -0.05) is 32.8 Å². The maximum atomic E-state index is 10.2. The van der Waals surface area contributed by atoms with Crippen LogP contribution in [-0.4, -0.2) is 22.3 Å². The molecule has 0 radical (unpaired) electrons. The lowest BCUT2D eigenvalue weighted by atomic mass is 10.1. The van der Waals surface area contributed by atoms with Crippen LogP contribution in [0.5, 0.6) is 0 Å². The maximum Gasteiger partial charge on any atom is 0.506 e. The average molecular weight is 253 g/mol. The first-order chi connectivity index (χ1) is 8.70. The van der Waals surface area contributed by atoms with Crippen LogP contribution in [0.3, 0.4) is 0 Å². The van der Waals surface area contributed by atoms with Gasteiger partial charge >= 0.3 is 6.16 Å². The zero-order valence-corrected chi connectivity index (χ0v) is 11.2. The highest BCUT2D eigenvalue weighted by molar-refractivity contribution is 5.57. The van der Waals surface area contributed by atoms with E-state index in [0.29, 0.717) is 0 Å². The summed E-state index contributed by atoms with van der Waals surface area (Å²) in [6.07, 6.45) is 7.24. The Bertz CT molecular complexity index is 264. The summed E-state index contributed by atoms with van der Waals surface area (Å²) in [7, 11) is 0. The molecule has 1 aromatic heterocycles. The minimum atomic E-state index is -1.15. The van der Waals surface area contributed by atoms with Crippen molar-refractivity contribution in [3.8, 4) is 0 Å². The van der Waals surface area contributed by atoms with E-state index in [1.165, 1.54) is 0 Å². The monoisotopic (exact) mass is 253 g/mol. The molecule has 0 saturated carbocycles. The maximum absolute atomic E-state index is 10.2. The van der Waals surface area contributed by atoms with Gasteiger partial charge in [0, 0.05) is 12.4 Å². The second-order valence-corrected chi connectivity index (χ2v) is 3.93. The Labute approximate surface area is 109 Å². The van der Waals surface area contributed by atoms with E-state index in [4.69, 9.17) is 5.11 Å². The van der Waals surface area contributed by atoms with Crippen molar-refractivity contribution in [2.75, 3.05) is 0 Å². The highest BCUT2D eigenvalue weighted by Gasteiger charge is 2.09. The van der Waals surface area contributed by atoms with Crippen LogP contribution in [0.2, 0.25) is 0 Å². The number of pyridine rings is 1. The summed E-state index contributed by atoms with van der Waals surface area (Å²) in [4.78, 5) is 14.0. The van der Waals surface area contributed by atoms with E-state index in [-0.39, 0.29) is 6.10 Å². The summed E-state index contributed by atoms with van der Waals surface area (Å²) in [6, 6.07) is 5.72. The molecule has 18 heavy (non-hydrogen) atoms. The zero-order chi connectivity index (χ0) is 13.6. The first-order valence-corrected chi connectivity index (χ1v) is 6.45. The molecular weight excluding hydrogens is 230 g/mol. The summed E-state index contributed by atoms with van der Waals surface area (Å²) >= 11 is 0. The Kier molecular flexibility index (Phi) is 10.8. The molecule has 4 heteroatoms. The molecule has 1 atom stereocenters. The Morgan fingerprint density at radius 2 is 1.89 bits per heavy atom. The Hall–Kier alpha value is -1.58. The number of ether oxygens (including phenoxy) is 1. The van der Waals surface area contributed by atoms with Gasteiger partial charge in [0.05, 0.1) is 0 Å². The van der Waals surface area contributed by atoms with Crippen LogP contribution in [0.1, 0.15) is 46.0 Å². The Morgan fingerprint density at radius 3 is 2.22 bits per heavy atom. The van der Waals surface area contributed by atoms with E-state index >= 15 is 0 Å².